The Morgan fingerprint density at radius 2 is 1.84 bits per heavy atom. The summed E-state index contributed by atoms with van der Waals surface area (Å²) in [6, 6.07) is 13.1. The van der Waals surface area contributed by atoms with Crippen LogP contribution in [0.3, 0.4) is 0 Å². The van der Waals surface area contributed by atoms with Gasteiger partial charge in [0.25, 0.3) is 11.6 Å². The number of carbonyl (C=O) groups is 1. The zero-order chi connectivity index (χ0) is 22.5. The fourth-order valence-electron chi connectivity index (χ4n) is 3.52. The van der Waals surface area contributed by atoms with Gasteiger partial charge < -0.3 is 9.84 Å². The first-order valence-electron chi connectivity index (χ1n) is 9.81. The number of hydrogen-bond donors (Lipinski definition) is 2. The van der Waals surface area contributed by atoms with Gasteiger partial charge in [0.15, 0.2) is 0 Å². The Kier molecular flexibility index (Phi) is 4.75. The number of primary sulfonamides is 1. The highest BCUT2D eigenvalue weighted by Crippen LogP contribution is 2.43. The summed E-state index contributed by atoms with van der Waals surface area (Å²) in [7, 11) is -3.85. The highest BCUT2D eigenvalue weighted by atomic mass is 32.2. The van der Waals surface area contributed by atoms with Crippen LogP contribution in [0.5, 0.6) is 0 Å². The van der Waals surface area contributed by atoms with Crippen molar-refractivity contribution in [3.63, 3.8) is 0 Å². The first-order valence-corrected chi connectivity index (χ1v) is 11.4. The van der Waals surface area contributed by atoms with E-state index < -0.39 is 21.7 Å². The predicted molar refractivity (Wildman–Crippen MR) is 115 cm³/mol. The lowest BCUT2D eigenvalue weighted by Crippen LogP contribution is -2.14. The molecule has 1 fully saturated rings. The van der Waals surface area contributed by atoms with Crippen LogP contribution in [0.15, 0.2) is 64.0 Å². The van der Waals surface area contributed by atoms with Gasteiger partial charge in [0.2, 0.25) is 10.0 Å². The molecule has 1 aliphatic rings. The second kappa shape index (κ2) is 7.50. The van der Waals surface area contributed by atoms with Crippen LogP contribution in [-0.4, -0.2) is 24.5 Å². The van der Waals surface area contributed by atoms with E-state index in [2.05, 4.69) is 15.5 Å². The summed E-state index contributed by atoms with van der Waals surface area (Å²) >= 11 is 0. The molecule has 1 saturated carbocycles. The van der Waals surface area contributed by atoms with Crippen LogP contribution in [0, 0.1) is 5.82 Å². The van der Waals surface area contributed by atoms with Crippen molar-refractivity contribution in [2.24, 2.45) is 5.14 Å². The molecule has 32 heavy (non-hydrogen) atoms. The van der Waals surface area contributed by atoms with Gasteiger partial charge in [-0.05, 0) is 55.3 Å². The van der Waals surface area contributed by atoms with Crippen molar-refractivity contribution in [3.8, 4) is 11.3 Å². The Hall–Kier alpha value is -3.63. The van der Waals surface area contributed by atoms with E-state index in [0.29, 0.717) is 16.8 Å². The first kappa shape index (κ1) is 20.3. The molecular formula is C22H17FN4O4S. The summed E-state index contributed by atoms with van der Waals surface area (Å²) in [6.45, 7) is 0. The van der Waals surface area contributed by atoms with Crippen LogP contribution in [0.2, 0.25) is 0 Å². The van der Waals surface area contributed by atoms with Crippen molar-refractivity contribution < 1.29 is 22.1 Å². The molecule has 1 aliphatic carbocycles. The Balaban J connectivity index is 1.59. The van der Waals surface area contributed by atoms with Gasteiger partial charge in [-0.1, -0.05) is 17.3 Å². The number of nitrogens with one attached hydrogen (secondary N) is 1. The molecule has 3 N–H and O–H groups in total. The molecule has 0 unspecified atom stereocenters. The maximum atomic E-state index is 14.4. The smallest absolute Gasteiger partial charge is 0.259 e. The molecule has 0 atom stereocenters. The number of nitrogens with zero attached hydrogens (tertiary/aromatic N) is 2. The number of halogens is 1. The zero-order valence-electron chi connectivity index (χ0n) is 16.6. The highest BCUT2D eigenvalue weighted by molar-refractivity contribution is 7.89. The summed E-state index contributed by atoms with van der Waals surface area (Å²) in [5.41, 5.74) is 1.88. The molecule has 4 aromatic rings. The Labute approximate surface area is 182 Å². The maximum Gasteiger partial charge on any atom is 0.259 e. The molecule has 0 spiro atoms. The highest BCUT2D eigenvalue weighted by Gasteiger charge is 2.32. The number of carbonyl (C=O) groups excluding carboxylic acids is 1. The molecule has 0 aliphatic heterocycles. The Morgan fingerprint density at radius 1 is 1.12 bits per heavy atom. The van der Waals surface area contributed by atoms with Crippen LogP contribution in [-0.2, 0) is 10.0 Å². The molecule has 2 heterocycles. The monoisotopic (exact) mass is 452 g/mol. The quantitative estimate of drug-likeness (QED) is 0.474. The molecule has 5 rings (SSSR count). The number of rotatable bonds is 5. The lowest BCUT2D eigenvalue weighted by Gasteiger charge is -2.10. The van der Waals surface area contributed by atoms with Crippen molar-refractivity contribution in [1.29, 1.82) is 0 Å². The van der Waals surface area contributed by atoms with Gasteiger partial charge >= 0.3 is 0 Å². The van der Waals surface area contributed by atoms with Gasteiger partial charge in [0.1, 0.15) is 5.82 Å². The van der Waals surface area contributed by atoms with Crippen molar-refractivity contribution in [3.05, 3.63) is 71.7 Å². The minimum atomic E-state index is -3.85. The standard InChI is InChI=1S/C22H17FN4O4S/c23-17-4-2-1-3-15(17)18-11-16(19-20(12-5-6-12)27-31-22(19)26-18)21(28)25-13-7-9-14(10-8-13)32(24,29)30/h1-4,7-12H,5-6H2,(H,25,28)(H2,24,29,30). The minimum absolute atomic E-state index is 0.0707. The molecule has 10 heteroatoms. The van der Waals surface area contributed by atoms with E-state index in [9.17, 15) is 17.6 Å². The van der Waals surface area contributed by atoms with Crippen LogP contribution >= 0.6 is 0 Å². The van der Waals surface area contributed by atoms with Crippen LogP contribution in [0.25, 0.3) is 22.4 Å². The van der Waals surface area contributed by atoms with Gasteiger partial charge in [-0.15, -0.1) is 0 Å². The number of amides is 1. The van der Waals surface area contributed by atoms with E-state index in [-0.39, 0.29) is 33.3 Å². The van der Waals surface area contributed by atoms with E-state index in [1.54, 1.807) is 18.2 Å². The van der Waals surface area contributed by atoms with Crippen molar-refractivity contribution >= 4 is 32.7 Å². The fourth-order valence-corrected chi connectivity index (χ4v) is 4.04. The van der Waals surface area contributed by atoms with E-state index in [1.807, 2.05) is 0 Å². The molecule has 0 bridgehead atoms. The van der Waals surface area contributed by atoms with E-state index in [4.69, 9.17) is 9.66 Å². The number of anilines is 1. The summed E-state index contributed by atoms with van der Waals surface area (Å²) in [4.78, 5) is 17.6. The number of aromatic nitrogens is 2. The lowest BCUT2D eigenvalue weighted by molar-refractivity contribution is 0.102. The van der Waals surface area contributed by atoms with Crippen molar-refractivity contribution in [2.75, 3.05) is 5.32 Å². The number of benzene rings is 2. The van der Waals surface area contributed by atoms with Gasteiger partial charge in [-0.2, -0.15) is 0 Å². The number of nitrogens with two attached hydrogens (primary N) is 1. The average Bonchev–Trinajstić information content (AvgIpc) is 3.52. The molecule has 0 radical (unpaired) electrons. The van der Waals surface area contributed by atoms with Gasteiger partial charge in [0.05, 0.1) is 27.2 Å². The van der Waals surface area contributed by atoms with Crippen molar-refractivity contribution in [1.82, 2.24) is 10.1 Å². The molecule has 1 amide bonds. The van der Waals surface area contributed by atoms with Gasteiger partial charge in [0, 0.05) is 17.2 Å². The fraction of sp³-hybridized carbons (Fsp3) is 0.136. The number of sulfonamides is 1. The SMILES string of the molecule is NS(=O)(=O)c1ccc(NC(=O)c2cc(-c3ccccc3F)nc3onc(C4CC4)c23)cc1. The van der Waals surface area contributed by atoms with E-state index >= 15 is 0 Å². The normalized spacial score (nSPS) is 13.9. The third-order valence-electron chi connectivity index (χ3n) is 5.27. The minimum Gasteiger partial charge on any atom is -0.335 e. The predicted octanol–water partition coefficient (Wildman–Crippen LogP) is 3.81. The molecule has 2 aromatic heterocycles. The molecule has 0 saturated heterocycles. The second-order valence-corrected chi connectivity index (χ2v) is 9.14. The van der Waals surface area contributed by atoms with Gasteiger partial charge in [-0.25, -0.2) is 22.9 Å². The van der Waals surface area contributed by atoms with Gasteiger partial charge in [-0.3, -0.25) is 4.79 Å². The van der Waals surface area contributed by atoms with Crippen LogP contribution in [0.4, 0.5) is 10.1 Å². The Morgan fingerprint density at radius 3 is 2.50 bits per heavy atom. The van der Waals surface area contributed by atoms with Crippen LogP contribution in [0.1, 0.15) is 34.8 Å². The largest absolute Gasteiger partial charge is 0.335 e. The average molecular weight is 452 g/mol. The first-order chi connectivity index (χ1) is 15.3. The number of hydrogen-bond acceptors (Lipinski definition) is 6. The summed E-state index contributed by atoms with van der Waals surface area (Å²) < 4.78 is 42.7. The van der Waals surface area contributed by atoms with Crippen LogP contribution < -0.4 is 10.5 Å². The number of fused-ring (bicyclic) bond motifs is 1. The molecular weight excluding hydrogens is 435 g/mol. The molecule has 2 aromatic carbocycles. The maximum absolute atomic E-state index is 14.4. The summed E-state index contributed by atoms with van der Waals surface area (Å²) in [5.74, 6) is -0.771. The van der Waals surface area contributed by atoms with Crippen molar-refractivity contribution in [2.45, 2.75) is 23.7 Å². The number of pyridine rings is 1. The summed E-state index contributed by atoms with van der Waals surface area (Å²) in [6.07, 6.45) is 1.87. The van der Waals surface area contributed by atoms with E-state index in [1.165, 1.54) is 36.4 Å². The third kappa shape index (κ3) is 3.74. The topological polar surface area (TPSA) is 128 Å². The second-order valence-electron chi connectivity index (χ2n) is 7.58. The summed E-state index contributed by atoms with van der Waals surface area (Å²) in [5, 5.41) is 12.5. The molecule has 8 nitrogen and oxygen atoms in total. The Bertz CT molecular complexity index is 1460. The van der Waals surface area contributed by atoms with E-state index in [0.717, 1.165) is 12.8 Å². The molecule has 162 valence electrons. The third-order valence-corrected chi connectivity index (χ3v) is 6.20. The zero-order valence-corrected chi connectivity index (χ0v) is 17.4. The lowest BCUT2D eigenvalue weighted by atomic mass is 10.0.